The molecule has 1 N–H and O–H groups in total. The molecule has 0 fully saturated rings. The highest BCUT2D eigenvalue weighted by Gasteiger charge is 2.22. The van der Waals surface area contributed by atoms with Crippen LogP contribution in [0.3, 0.4) is 0 Å². The number of ether oxygens (including phenoxy) is 2. The number of nitrogens with zero attached hydrogens (tertiary/aromatic N) is 1. The van der Waals surface area contributed by atoms with Crippen molar-refractivity contribution in [1.82, 2.24) is 10.5 Å². The normalized spacial score (nSPS) is 11.8. The Morgan fingerprint density at radius 3 is 2.76 bits per heavy atom. The second kappa shape index (κ2) is 8.72. The number of amides is 1. The van der Waals surface area contributed by atoms with Gasteiger partial charge >= 0.3 is 0 Å². The van der Waals surface area contributed by atoms with Crippen LogP contribution in [0.15, 0.2) is 47.0 Å². The van der Waals surface area contributed by atoms with Gasteiger partial charge in [-0.25, -0.2) is 8.78 Å². The Labute approximate surface area is 166 Å². The lowest BCUT2D eigenvalue weighted by Gasteiger charge is -2.15. The molecule has 0 aliphatic rings. The van der Waals surface area contributed by atoms with Gasteiger partial charge in [0.25, 0.3) is 5.91 Å². The Morgan fingerprint density at radius 1 is 1.24 bits per heavy atom. The van der Waals surface area contributed by atoms with E-state index in [9.17, 15) is 13.6 Å². The summed E-state index contributed by atoms with van der Waals surface area (Å²) in [6, 6.07) is 9.98. The van der Waals surface area contributed by atoms with Crippen molar-refractivity contribution in [1.29, 1.82) is 0 Å². The molecule has 1 aromatic heterocycles. The molecule has 152 valence electrons. The molecule has 1 atom stereocenters. The summed E-state index contributed by atoms with van der Waals surface area (Å²) in [5.41, 5.74) is 1.27. The topological polar surface area (TPSA) is 73.6 Å². The molecule has 0 aliphatic carbocycles. The summed E-state index contributed by atoms with van der Waals surface area (Å²) in [5, 5.41) is 6.64. The van der Waals surface area contributed by atoms with Crippen molar-refractivity contribution in [2.75, 3.05) is 7.11 Å². The third-order valence-electron chi connectivity index (χ3n) is 4.41. The molecule has 3 aromatic rings. The molecule has 2 aromatic carbocycles. The van der Waals surface area contributed by atoms with E-state index in [0.717, 1.165) is 17.7 Å². The summed E-state index contributed by atoms with van der Waals surface area (Å²) in [5.74, 6) is -1.10. The number of carbonyl (C=O) groups excluding carboxylic acids is 1. The van der Waals surface area contributed by atoms with Crippen molar-refractivity contribution >= 4 is 5.91 Å². The second-order valence-electron chi connectivity index (χ2n) is 6.40. The highest BCUT2D eigenvalue weighted by Crippen LogP contribution is 2.23. The average Bonchev–Trinajstić information content (AvgIpc) is 3.08. The zero-order valence-corrected chi connectivity index (χ0v) is 16.2. The van der Waals surface area contributed by atoms with Crippen molar-refractivity contribution in [2.45, 2.75) is 26.5 Å². The van der Waals surface area contributed by atoms with E-state index in [4.69, 9.17) is 14.0 Å². The fourth-order valence-corrected chi connectivity index (χ4v) is 2.74. The fraction of sp³-hybridized carbons (Fsp3) is 0.238. The van der Waals surface area contributed by atoms with Crippen molar-refractivity contribution in [2.24, 2.45) is 0 Å². The minimum absolute atomic E-state index is 0.0414. The van der Waals surface area contributed by atoms with Gasteiger partial charge in [-0.1, -0.05) is 17.3 Å². The molecular formula is C21H20F2N2O4. The first-order chi connectivity index (χ1) is 13.9. The van der Waals surface area contributed by atoms with Gasteiger partial charge in [-0.05, 0) is 43.7 Å². The molecule has 0 bridgehead atoms. The Balaban J connectivity index is 1.73. The first-order valence-corrected chi connectivity index (χ1v) is 8.87. The lowest BCUT2D eigenvalue weighted by atomic mass is 10.1. The van der Waals surface area contributed by atoms with Gasteiger partial charge in [0.05, 0.1) is 18.7 Å². The van der Waals surface area contributed by atoms with Gasteiger partial charge in [0.1, 0.15) is 23.9 Å². The zero-order chi connectivity index (χ0) is 21.0. The lowest BCUT2D eigenvalue weighted by molar-refractivity contribution is 0.0928. The molecule has 1 heterocycles. The van der Waals surface area contributed by atoms with Crippen LogP contribution in [0.25, 0.3) is 0 Å². The molecule has 6 nitrogen and oxygen atoms in total. The first-order valence-electron chi connectivity index (χ1n) is 8.87. The third-order valence-corrected chi connectivity index (χ3v) is 4.41. The van der Waals surface area contributed by atoms with Gasteiger partial charge in [0.2, 0.25) is 0 Å². The summed E-state index contributed by atoms with van der Waals surface area (Å²) in [6.07, 6.45) is 0. The van der Waals surface area contributed by atoms with E-state index in [-0.39, 0.29) is 24.1 Å². The Bertz CT molecular complexity index is 1020. The number of carbonyl (C=O) groups is 1. The fourth-order valence-electron chi connectivity index (χ4n) is 2.74. The van der Waals surface area contributed by atoms with Crippen LogP contribution >= 0.6 is 0 Å². The van der Waals surface area contributed by atoms with E-state index >= 15 is 0 Å². The quantitative estimate of drug-likeness (QED) is 0.636. The first kappa shape index (κ1) is 20.3. The van der Waals surface area contributed by atoms with Crippen LogP contribution in [0, 0.1) is 18.6 Å². The molecule has 0 saturated carbocycles. The molecule has 0 aliphatic heterocycles. The Morgan fingerprint density at radius 2 is 2.03 bits per heavy atom. The van der Waals surface area contributed by atoms with Crippen LogP contribution in [0.2, 0.25) is 0 Å². The van der Waals surface area contributed by atoms with E-state index in [0.29, 0.717) is 17.1 Å². The minimum atomic E-state index is -0.836. The highest BCUT2D eigenvalue weighted by molar-refractivity contribution is 5.94. The summed E-state index contributed by atoms with van der Waals surface area (Å²) in [7, 11) is 1.57. The largest absolute Gasteiger partial charge is 0.497 e. The monoisotopic (exact) mass is 402 g/mol. The maximum atomic E-state index is 13.8. The number of rotatable bonds is 7. The van der Waals surface area contributed by atoms with E-state index in [1.807, 2.05) is 31.2 Å². The van der Waals surface area contributed by atoms with Crippen LogP contribution in [-0.4, -0.2) is 18.2 Å². The number of halogens is 2. The molecule has 29 heavy (non-hydrogen) atoms. The SMILES string of the molecule is COc1cccc(C(C)NC(=O)c2noc(C)c2COc2ccc(F)cc2F)c1. The number of hydrogen-bond donors (Lipinski definition) is 1. The highest BCUT2D eigenvalue weighted by atomic mass is 19.1. The zero-order valence-electron chi connectivity index (χ0n) is 16.2. The predicted molar refractivity (Wildman–Crippen MR) is 101 cm³/mol. The molecular weight excluding hydrogens is 382 g/mol. The number of benzene rings is 2. The smallest absolute Gasteiger partial charge is 0.274 e. The molecule has 0 spiro atoms. The number of aromatic nitrogens is 1. The standard InChI is InChI=1S/C21H20F2N2O4/c1-12(14-5-4-6-16(9-14)27-3)24-21(26)20-17(13(2)29-25-20)11-28-19-8-7-15(22)10-18(19)23/h4-10,12H,11H2,1-3H3,(H,24,26). The van der Waals surface area contributed by atoms with Crippen molar-refractivity contribution in [3.05, 3.63) is 76.7 Å². The van der Waals surface area contributed by atoms with Crippen LogP contribution in [0.5, 0.6) is 11.5 Å². The summed E-state index contributed by atoms with van der Waals surface area (Å²) < 4.78 is 42.5. The van der Waals surface area contributed by atoms with Gasteiger partial charge in [-0.15, -0.1) is 0 Å². The molecule has 1 unspecified atom stereocenters. The van der Waals surface area contributed by atoms with Gasteiger partial charge in [0, 0.05) is 6.07 Å². The lowest BCUT2D eigenvalue weighted by Crippen LogP contribution is -2.28. The number of nitrogens with one attached hydrogen (secondary N) is 1. The van der Waals surface area contributed by atoms with E-state index in [1.165, 1.54) is 6.07 Å². The minimum Gasteiger partial charge on any atom is -0.497 e. The van der Waals surface area contributed by atoms with Gasteiger partial charge in [-0.2, -0.15) is 0 Å². The maximum Gasteiger partial charge on any atom is 0.274 e. The van der Waals surface area contributed by atoms with Crippen molar-refractivity contribution in [3.63, 3.8) is 0 Å². The van der Waals surface area contributed by atoms with Crippen molar-refractivity contribution < 1.29 is 27.6 Å². The average molecular weight is 402 g/mol. The van der Waals surface area contributed by atoms with Gasteiger partial charge < -0.3 is 19.3 Å². The van der Waals surface area contributed by atoms with Crippen LogP contribution in [0.1, 0.15) is 40.3 Å². The van der Waals surface area contributed by atoms with Gasteiger partial charge in [0.15, 0.2) is 17.3 Å². The predicted octanol–water partition coefficient (Wildman–Crippen LogP) is 4.34. The molecule has 1 amide bonds. The van der Waals surface area contributed by atoms with E-state index in [2.05, 4.69) is 10.5 Å². The Kier molecular flexibility index (Phi) is 6.11. The van der Waals surface area contributed by atoms with Crippen LogP contribution in [-0.2, 0) is 6.61 Å². The third kappa shape index (κ3) is 4.71. The van der Waals surface area contributed by atoms with Crippen LogP contribution < -0.4 is 14.8 Å². The second-order valence-corrected chi connectivity index (χ2v) is 6.40. The summed E-state index contributed by atoms with van der Waals surface area (Å²) >= 11 is 0. The van der Waals surface area contributed by atoms with Crippen molar-refractivity contribution in [3.8, 4) is 11.5 Å². The molecule has 0 saturated heterocycles. The number of methoxy groups -OCH3 is 1. The van der Waals surface area contributed by atoms with Gasteiger partial charge in [-0.3, -0.25) is 4.79 Å². The number of aryl methyl sites for hydroxylation is 1. The van der Waals surface area contributed by atoms with E-state index < -0.39 is 17.5 Å². The number of hydrogen-bond acceptors (Lipinski definition) is 5. The Hall–Kier alpha value is -3.42. The van der Waals surface area contributed by atoms with E-state index in [1.54, 1.807) is 14.0 Å². The molecule has 3 rings (SSSR count). The maximum absolute atomic E-state index is 13.8. The molecule has 0 radical (unpaired) electrons. The van der Waals surface area contributed by atoms with Crippen LogP contribution in [0.4, 0.5) is 8.78 Å². The molecule has 8 heteroatoms. The summed E-state index contributed by atoms with van der Waals surface area (Å²) in [6.45, 7) is 3.28. The summed E-state index contributed by atoms with van der Waals surface area (Å²) in [4.78, 5) is 12.7.